The van der Waals surface area contributed by atoms with Crippen molar-refractivity contribution in [3.05, 3.63) is 0 Å². The average molecular weight is 218 g/mol. The Morgan fingerprint density at radius 3 is 2.20 bits per heavy atom. The van der Waals surface area contributed by atoms with Crippen LogP contribution in [0.3, 0.4) is 0 Å². The highest BCUT2D eigenvalue weighted by molar-refractivity contribution is 5.65. The van der Waals surface area contributed by atoms with Crippen LogP contribution in [0.15, 0.2) is 0 Å². The third-order valence-electron chi connectivity index (χ3n) is 2.54. The molecule has 0 atom stereocenters. The molecule has 0 aromatic rings. The number of hydrogen-bond donors (Lipinski definition) is 0. The van der Waals surface area contributed by atoms with Crippen molar-refractivity contribution in [1.82, 2.24) is 0 Å². The number of unbranched alkanes of at least 4 members (excludes halogenated alkanes) is 1. The summed E-state index contributed by atoms with van der Waals surface area (Å²) in [5.41, 5.74) is 0. The average Bonchev–Trinajstić information content (AvgIpc) is 2.24. The fourth-order valence-electron chi connectivity index (χ4n) is 1.47. The molecule has 4 heteroatoms. The maximum absolute atomic E-state index is 10.5. The van der Waals surface area contributed by atoms with Crippen LogP contribution in [0.25, 0.3) is 0 Å². The van der Waals surface area contributed by atoms with Crippen molar-refractivity contribution in [3.8, 4) is 0 Å². The van der Waals surface area contributed by atoms with Gasteiger partial charge in [0.2, 0.25) is 0 Å². The Hall–Kier alpha value is -0.610. The number of esters is 1. The van der Waals surface area contributed by atoms with Gasteiger partial charge in [0.25, 0.3) is 0 Å². The lowest BCUT2D eigenvalue weighted by atomic mass is 10.1. The van der Waals surface area contributed by atoms with Crippen LogP contribution in [0.4, 0.5) is 0 Å². The fourth-order valence-corrected chi connectivity index (χ4v) is 1.47. The van der Waals surface area contributed by atoms with E-state index in [2.05, 4.69) is 0 Å². The molecule has 0 unspecified atom stereocenters. The van der Waals surface area contributed by atoms with Gasteiger partial charge in [-0.2, -0.15) is 0 Å². The maximum Gasteiger partial charge on any atom is 0.302 e. The largest absolute Gasteiger partial charge is 0.466 e. The molecule has 0 rings (SSSR count). The van der Waals surface area contributed by atoms with E-state index in [9.17, 15) is 4.79 Å². The lowest BCUT2D eigenvalue weighted by molar-refractivity contribution is -0.213. The van der Waals surface area contributed by atoms with E-state index in [0.717, 1.165) is 25.7 Å². The van der Waals surface area contributed by atoms with Crippen molar-refractivity contribution < 1.29 is 19.0 Å². The van der Waals surface area contributed by atoms with E-state index in [0.29, 0.717) is 6.61 Å². The van der Waals surface area contributed by atoms with Gasteiger partial charge in [-0.3, -0.25) is 4.79 Å². The molecule has 0 aliphatic heterocycles. The van der Waals surface area contributed by atoms with Crippen LogP contribution in [0.5, 0.6) is 0 Å². The quantitative estimate of drug-likeness (QED) is 0.355. The second-order valence-corrected chi connectivity index (χ2v) is 3.47. The van der Waals surface area contributed by atoms with Gasteiger partial charge in [-0.25, -0.2) is 0 Å². The highest BCUT2D eigenvalue weighted by Crippen LogP contribution is 2.23. The first kappa shape index (κ1) is 14.4. The summed E-state index contributed by atoms with van der Waals surface area (Å²) in [5, 5.41) is 0. The number of carbonyl (C=O) groups is 1. The minimum Gasteiger partial charge on any atom is -0.466 e. The summed E-state index contributed by atoms with van der Waals surface area (Å²) in [6.07, 6.45) is 3.39. The molecular weight excluding hydrogens is 196 g/mol. The van der Waals surface area contributed by atoms with Crippen molar-refractivity contribution in [2.24, 2.45) is 0 Å². The maximum atomic E-state index is 10.5. The second kappa shape index (κ2) is 7.65. The zero-order valence-electron chi connectivity index (χ0n) is 10.2. The van der Waals surface area contributed by atoms with Crippen LogP contribution in [0.2, 0.25) is 0 Å². The van der Waals surface area contributed by atoms with E-state index in [1.807, 2.05) is 6.92 Å². The SMILES string of the molecule is CCC(CCCCOC(C)=O)(OC)OC. The Bertz CT molecular complexity index is 167. The zero-order chi connectivity index (χ0) is 11.7. The van der Waals surface area contributed by atoms with Crippen molar-refractivity contribution in [3.63, 3.8) is 0 Å². The molecule has 0 bridgehead atoms. The molecule has 0 fully saturated rings. The summed E-state index contributed by atoms with van der Waals surface area (Å²) >= 11 is 0. The van der Waals surface area contributed by atoms with Crippen LogP contribution in [-0.4, -0.2) is 32.6 Å². The minimum atomic E-state index is -0.476. The van der Waals surface area contributed by atoms with E-state index in [-0.39, 0.29) is 5.97 Å². The van der Waals surface area contributed by atoms with Gasteiger partial charge in [0.05, 0.1) is 6.61 Å². The van der Waals surface area contributed by atoms with Gasteiger partial charge in [-0.15, -0.1) is 0 Å². The van der Waals surface area contributed by atoms with E-state index in [1.165, 1.54) is 6.92 Å². The van der Waals surface area contributed by atoms with Gasteiger partial charge in [0.15, 0.2) is 5.79 Å². The Balaban J connectivity index is 3.67. The monoisotopic (exact) mass is 218 g/mol. The van der Waals surface area contributed by atoms with Crippen LogP contribution in [0, 0.1) is 0 Å². The molecule has 0 saturated carbocycles. The van der Waals surface area contributed by atoms with Gasteiger partial charge in [0, 0.05) is 27.6 Å². The molecule has 0 saturated heterocycles. The summed E-state index contributed by atoms with van der Waals surface area (Å²) in [7, 11) is 3.30. The van der Waals surface area contributed by atoms with Crippen molar-refractivity contribution in [2.75, 3.05) is 20.8 Å². The molecule has 0 aromatic carbocycles. The van der Waals surface area contributed by atoms with Crippen molar-refractivity contribution in [1.29, 1.82) is 0 Å². The van der Waals surface area contributed by atoms with Crippen LogP contribution in [0.1, 0.15) is 39.5 Å². The molecule has 0 N–H and O–H groups in total. The lowest BCUT2D eigenvalue weighted by Crippen LogP contribution is -2.32. The Labute approximate surface area is 91.9 Å². The van der Waals surface area contributed by atoms with Gasteiger partial charge in [-0.1, -0.05) is 6.92 Å². The Morgan fingerprint density at radius 1 is 1.20 bits per heavy atom. The number of rotatable bonds is 8. The summed E-state index contributed by atoms with van der Waals surface area (Å²) in [6.45, 7) is 3.92. The highest BCUT2D eigenvalue weighted by atomic mass is 16.7. The molecule has 0 heterocycles. The number of carbonyl (C=O) groups excluding carboxylic acids is 1. The lowest BCUT2D eigenvalue weighted by Gasteiger charge is -2.29. The highest BCUT2D eigenvalue weighted by Gasteiger charge is 2.26. The summed E-state index contributed by atoms with van der Waals surface area (Å²) in [4.78, 5) is 10.5. The molecule has 0 aromatic heterocycles. The summed E-state index contributed by atoms with van der Waals surface area (Å²) < 4.78 is 15.5. The minimum absolute atomic E-state index is 0.227. The van der Waals surface area contributed by atoms with Gasteiger partial charge in [0.1, 0.15) is 0 Å². The predicted molar refractivity (Wildman–Crippen MR) is 57.5 cm³/mol. The molecule has 15 heavy (non-hydrogen) atoms. The third kappa shape index (κ3) is 5.74. The summed E-state index contributed by atoms with van der Waals surface area (Å²) in [5.74, 6) is -0.703. The second-order valence-electron chi connectivity index (χ2n) is 3.47. The fraction of sp³-hybridized carbons (Fsp3) is 0.909. The van der Waals surface area contributed by atoms with E-state index in [1.54, 1.807) is 14.2 Å². The molecule has 0 aliphatic carbocycles. The summed E-state index contributed by atoms with van der Waals surface area (Å²) in [6, 6.07) is 0. The van der Waals surface area contributed by atoms with Crippen LogP contribution < -0.4 is 0 Å². The van der Waals surface area contributed by atoms with Crippen LogP contribution in [-0.2, 0) is 19.0 Å². The van der Waals surface area contributed by atoms with Gasteiger partial charge in [-0.05, 0) is 19.3 Å². The molecule has 0 spiro atoms. The molecule has 90 valence electrons. The van der Waals surface area contributed by atoms with Crippen molar-refractivity contribution >= 4 is 5.97 Å². The molecular formula is C11H22O4. The molecule has 0 amide bonds. The van der Waals surface area contributed by atoms with E-state index < -0.39 is 5.79 Å². The number of methoxy groups -OCH3 is 2. The molecule has 0 radical (unpaired) electrons. The Morgan fingerprint density at radius 2 is 1.80 bits per heavy atom. The smallest absolute Gasteiger partial charge is 0.302 e. The Kier molecular flexibility index (Phi) is 7.34. The first-order valence-corrected chi connectivity index (χ1v) is 5.34. The predicted octanol–water partition coefficient (Wildman–Crippen LogP) is 2.12. The van der Waals surface area contributed by atoms with Crippen molar-refractivity contribution in [2.45, 2.75) is 45.3 Å². The molecule has 4 nitrogen and oxygen atoms in total. The normalized spacial score (nSPS) is 11.5. The van der Waals surface area contributed by atoms with Gasteiger partial charge < -0.3 is 14.2 Å². The van der Waals surface area contributed by atoms with Crippen LogP contribution >= 0.6 is 0 Å². The van der Waals surface area contributed by atoms with Gasteiger partial charge >= 0.3 is 5.97 Å². The third-order valence-corrected chi connectivity index (χ3v) is 2.54. The zero-order valence-corrected chi connectivity index (χ0v) is 10.2. The first-order valence-electron chi connectivity index (χ1n) is 5.34. The molecule has 0 aliphatic rings. The van der Waals surface area contributed by atoms with E-state index in [4.69, 9.17) is 14.2 Å². The first-order chi connectivity index (χ1) is 7.10. The standard InChI is InChI=1S/C11H22O4/c1-5-11(13-3,14-4)8-6-7-9-15-10(2)12/h5-9H2,1-4H3. The number of hydrogen-bond acceptors (Lipinski definition) is 4. The topological polar surface area (TPSA) is 44.8 Å². The van der Waals surface area contributed by atoms with E-state index >= 15 is 0 Å². The number of ether oxygens (including phenoxy) is 3.